The van der Waals surface area contributed by atoms with Gasteiger partial charge < -0.3 is 20.1 Å². The number of nitrogens with zero attached hydrogens (tertiary/aromatic N) is 2. The topological polar surface area (TPSA) is 98.0 Å². The lowest BCUT2D eigenvalue weighted by Crippen LogP contribution is -2.38. The number of nitrogens with one attached hydrogen (secondary N) is 2. The summed E-state index contributed by atoms with van der Waals surface area (Å²) in [5, 5.41) is 17.2. The molecule has 0 saturated carbocycles. The van der Waals surface area contributed by atoms with E-state index in [0.717, 1.165) is 29.0 Å². The third-order valence-electron chi connectivity index (χ3n) is 4.12. The van der Waals surface area contributed by atoms with Gasteiger partial charge in [-0.15, -0.1) is 30.6 Å². The lowest BCUT2D eigenvalue weighted by Gasteiger charge is -2.12. The minimum absolute atomic E-state index is 0. The number of aliphatic imine (C=N–C) groups is 1. The Balaban J connectivity index is 0.00000300. The Morgan fingerprint density at radius 3 is 2.59 bits per heavy atom. The van der Waals surface area contributed by atoms with E-state index in [0.29, 0.717) is 25.6 Å². The molecular weight excluding hydrogens is 487 g/mol. The number of halogens is 1. The number of non-ortho nitro benzene ring substituents is 1. The van der Waals surface area contributed by atoms with Gasteiger partial charge in [0.15, 0.2) is 17.5 Å². The quantitative estimate of drug-likeness (QED) is 0.141. The number of rotatable bonds is 8. The molecule has 0 bridgehead atoms. The maximum absolute atomic E-state index is 10.7. The predicted octanol–water partition coefficient (Wildman–Crippen LogP) is 3.41. The van der Waals surface area contributed by atoms with E-state index in [1.165, 1.54) is 12.1 Å². The summed E-state index contributed by atoms with van der Waals surface area (Å²) in [5.41, 5.74) is 2.09. The summed E-state index contributed by atoms with van der Waals surface area (Å²) in [6, 6.07) is 12.3. The van der Waals surface area contributed by atoms with Crippen molar-refractivity contribution in [1.82, 2.24) is 10.6 Å². The number of hydrogen-bond acceptors (Lipinski definition) is 5. The second-order valence-corrected chi connectivity index (χ2v) is 6.12. The summed E-state index contributed by atoms with van der Waals surface area (Å²) in [7, 11) is 0. The highest BCUT2D eigenvalue weighted by atomic mass is 127. The summed E-state index contributed by atoms with van der Waals surface area (Å²) >= 11 is 0. The third kappa shape index (κ3) is 6.63. The second kappa shape index (κ2) is 11.2. The molecule has 0 aliphatic carbocycles. The molecule has 154 valence electrons. The molecule has 9 heteroatoms. The van der Waals surface area contributed by atoms with Crippen LogP contribution in [0.1, 0.15) is 11.1 Å². The summed E-state index contributed by atoms with van der Waals surface area (Å²) < 4.78 is 10.7. The van der Waals surface area contributed by atoms with E-state index >= 15 is 0 Å². The molecule has 29 heavy (non-hydrogen) atoms. The molecule has 8 nitrogen and oxygen atoms in total. The number of fused-ring (bicyclic) bond motifs is 1. The van der Waals surface area contributed by atoms with Gasteiger partial charge in [-0.25, -0.2) is 4.99 Å². The van der Waals surface area contributed by atoms with E-state index in [1.54, 1.807) is 18.2 Å². The van der Waals surface area contributed by atoms with Gasteiger partial charge in [-0.2, -0.15) is 0 Å². The van der Waals surface area contributed by atoms with E-state index in [9.17, 15) is 10.1 Å². The van der Waals surface area contributed by atoms with Crippen molar-refractivity contribution in [3.05, 3.63) is 76.4 Å². The number of benzene rings is 2. The Hall–Kier alpha value is -2.82. The van der Waals surface area contributed by atoms with E-state index in [1.807, 2.05) is 18.2 Å². The summed E-state index contributed by atoms with van der Waals surface area (Å²) in [6.45, 7) is 5.64. The highest BCUT2D eigenvalue weighted by Gasteiger charge is 2.13. The maximum atomic E-state index is 10.7. The molecule has 1 aliphatic heterocycles. The molecule has 0 aromatic heterocycles. The molecule has 3 rings (SSSR count). The number of nitro benzene ring substituents is 1. The zero-order chi connectivity index (χ0) is 19.8. The zero-order valence-electron chi connectivity index (χ0n) is 15.8. The smallest absolute Gasteiger partial charge is 0.269 e. The Kier molecular flexibility index (Phi) is 8.71. The maximum Gasteiger partial charge on any atom is 0.269 e. The van der Waals surface area contributed by atoms with Gasteiger partial charge in [0.2, 0.25) is 6.79 Å². The first-order chi connectivity index (χ1) is 13.7. The summed E-state index contributed by atoms with van der Waals surface area (Å²) in [5.74, 6) is 2.20. The highest BCUT2D eigenvalue weighted by molar-refractivity contribution is 14.0. The summed E-state index contributed by atoms with van der Waals surface area (Å²) in [4.78, 5) is 14.8. The van der Waals surface area contributed by atoms with Gasteiger partial charge >= 0.3 is 0 Å². The van der Waals surface area contributed by atoms with Gasteiger partial charge in [0, 0.05) is 25.2 Å². The molecule has 0 atom stereocenters. The van der Waals surface area contributed by atoms with Gasteiger partial charge in [-0.3, -0.25) is 10.1 Å². The lowest BCUT2D eigenvalue weighted by atomic mass is 10.1. The number of ether oxygens (including phenoxy) is 2. The standard InChI is InChI=1S/C20H22N4O4.HI/c1-2-10-21-20(23-13-16-3-6-17(7-4-16)24(25)26)22-11-9-15-5-8-18-19(12-15)28-14-27-18;/h2-8,12H,1,9-11,13-14H2,(H2,21,22,23);1H. The van der Waals surface area contributed by atoms with Crippen LogP contribution in [0.3, 0.4) is 0 Å². The fraction of sp³-hybridized carbons (Fsp3) is 0.250. The van der Waals surface area contributed by atoms with Crippen LogP contribution in [-0.2, 0) is 13.0 Å². The molecule has 0 spiro atoms. The van der Waals surface area contributed by atoms with Crippen molar-refractivity contribution in [3.8, 4) is 11.5 Å². The first-order valence-electron chi connectivity index (χ1n) is 8.90. The molecular formula is C20H23IN4O4. The van der Waals surface area contributed by atoms with Crippen molar-refractivity contribution in [2.24, 2.45) is 4.99 Å². The Labute approximate surface area is 186 Å². The number of nitro groups is 1. The lowest BCUT2D eigenvalue weighted by molar-refractivity contribution is -0.384. The van der Waals surface area contributed by atoms with Crippen LogP contribution in [-0.4, -0.2) is 30.8 Å². The first-order valence-corrected chi connectivity index (χ1v) is 8.90. The average molecular weight is 510 g/mol. The van der Waals surface area contributed by atoms with Gasteiger partial charge in [0.25, 0.3) is 5.69 Å². The molecule has 0 amide bonds. The van der Waals surface area contributed by atoms with Crippen molar-refractivity contribution >= 4 is 35.6 Å². The van der Waals surface area contributed by atoms with Crippen molar-refractivity contribution in [3.63, 3.8) is 0 Å². The minimum Gasteiger partial charge on any atom is -0.454 e. The molecule has 0 unspecified atom stereocenters. The van der Waals surface area contributed by atoms with Crippen LogP contribution in [0.2, 0.25) is 0 Å². The molecule has 1 heterocycles. The van der Waals surface area contributed by atoms with Gasteiger partial charge in [-0.1, -0.05) is 24.3 Å². The van der Waals surface area contributed by atoms with Gasteiger partial charge in [0.05, 0.1) is 11.5 Å². The molecule has 0 saturated heterocycles. The number of hydrogen-bond donors (Lipinski definition) is 2. The van der Waals surface area contributed by atoms with Crippen molar-refractivity contribution < 1.29 is 14.4 Å². The van der Waals surface area contributed by atoms with E-state index < -0.39 is 4.92 Å². The minimum atomic E-state index is -0.415. The predicted molar refractivity (Wildman–Crippen MR) is 122 cm³/mol. The van der Waals surface area contributed by atoms with Crippen LogP contribution in [0, 0.1) is 10.1 Å². The SMILES string of the molecule is C=CCNC(=NCc1ccc([N+](=O)[O-])cc1)NCCc1ccc2c(c1)OCO2.I. The third-order valence-corrected chi connectivity index (χ3v) is 4.12. The Morgan fingerprint density at radius 1 is 1.14 bits per heavy atom. The van der Waals surface area contributed by atoms with E-state index in [2.05, 4.69) is 22.2 Å². The van der Waals surface area contributed by atoms with Crippen molar-refractivity contribution in [1.29, 1.82) is 0 Å². The van der Waals surface area contributed by atoms with Crippen molar-refractivity contribution in [2.45, 2.75) is 13.0 Å². The van der Waals surface area contributed by atoms with Crippen molar-refractivity contribution in [2.75, 3.05) is 19.9 Å². The fourth-order valence-electron chi connectivity index (χ4n) is 2.66. The second-order valence-electron chi connectivity index (χ2n) is 6.12. The van der Waals surface area contributed by atoms with Crippen LogP contribution in [0.5, 0.6) is 11.5 Å². The molecule has 2 aromatic rings. The molecule has 2 aromatic carbocycles. The molecule has 0 radical (unpaired) electrons. The largest absolute Gasteiger partial charge is 0.454 e. The zero-order valence-corrected chi connectivity index (χ0v) is 18.1. The first kappa shape index (κ1) is 22.5. The Morgan fingerprint density at radius 2 is 1.86 bits per heavy atom. The van der Waals surface area contributed by atoms with E-state index in [4.69, 9.17) is 9.47 Å². The van der Waals surface area contributed by atoms with Gasteiger partial charge in [0.1, 0.15) is 0 Å². The van der Waals surface area contributed by atoms with Gasteiger partial charge in [-0.05, 0) is 29.7 Å². The van der Waals surface area contributed by atoms with Crippen LogP contribution in [0.25, 0.3) is 0 Å². The molecule has 0 fully saturated rings. The normalized spacial score (nSPS) is 12.1. The monoisotopic (exact) mass is 510 g/mol. The summed E-state index contributed by atoms with van der Waals surface area (Å²) in [6.07, 6.45) is 2.55. The highest BCUT2D eigenvalue weighted by Crippen LogP contribution is 2.32. The fourth-order valence-corrected chi connectivity index (χ4v) is 2.66. The van der Waals surface area contributed by atoms with Crippen LogP contribution < -0.4 is 20.1 Å². The van der Waals surface area contributed by atoms with Crippen LogP contribution in [0.4, 0.5) is 5.69 Å². The average Bonchev–Trinajstić information content (AvgIpc) is 3.17. The number of guanidine groups is 1. The molecule has 2 N–H and O–H groups in total. The van der Waals surface area contributed by atoms with Crippen LogP contribution in [0.15, 0.2) is 60.1 Å². The van der Waals surface area contributed by atoms with E-state index in [-0.39, 0.29) is 36.5 Å². The Bertz CT molecular complexity index is 871. The van der Waals surface area contributed by atoms with Crippen LogP contribution >= 0.6 is 24.0 Å². The molecule has 1 aliphatic rings.